The molecule has 0 saturated carbocycles. The van der Waals surface area contributed by atoms with Crippen LogP contribution in [0.2, 0.25) is 0 Å². The molecular weight excluding hydrogens is 309 g/mol. The van der Waals surface area contributed by atoms with Crippen molar-refractivity contribution in [3.8, 4) is 0 Å². The molecular formula is C12H13F3N2O3S. The van der Waals surface area contributed by atoms with E-state index in [4.69, 9.17) is 0 Å². The van der Waals surface area contributed by atoms with Gasteiger partial charge in [-0.1, -0.05) is 0 Å². The standard InChI is InChI=1S/C12H13F3N2O3S/c13-12(14,15)9-2-4-10(5-3-9)16-11(18)8-17-6-1-7-21(17,19)20/h2-5H,1,6-8H2,(H,16,18). The van der Waals surface area contributed by atoms with Crippen LogP contribution < -0.4 is 5.32 Å². The summed E-state index contributed by atoms with van der Waals surface area (Å²) in [5.41, 5.74) is -0.632. The number of sulfonamides is 1. The molecule has 0 radical (unpaired) electrons. The van der Waals surface area contributed by atoms with E-state index in [2.05, 4.69) is 5.32 Å². The van der Waals surface area contributed by atoms with Crippen LogP contribution in [0, 0.1) is 0 Å². The summed E-state index contributed by atoms with van der Waals surface area (Å²) in [6.07, 6.45) is -3.97. The first-order valence-electron chi connectivity index (χ1n) is 6.13. The first-order valence-corrected chi connectivity index (χ1v) is 7.74. The van der Waals surface area contributed by atoms with Crippen molar-refractivity contribution in [1.29, 1.82) is 0 Å². The Kier molecular flexibility index (Phi) is 4.24. The molecule has 1 aliphatic heterocycles. The Hall–Kier alpha value is -1.61. The molecule has 1 heterocycles. The lowest BCUT2D eigenvalue weighted by Crippen LogP contribution is -2.34. The van der Waals surface area contributed by atoms with E-state index >= 15 is 0 Å². The van der Waals surface area contributed by atoms with Gasteiger partial charge in [0.1, 0.15) is 0 Å². The van der Waals surface area contributed by atoms with Gasteiger partial charge in [0.25, 0.3) is 0 Å². The first-order chi connectivity index (χ1) is 9.68. The fraction of sp³-hybridized carbons (Fsp3) is 0.417. The quantitative estimate of drug-likeness (QED) is 0.921. The van der Waals surface area contributed by atoms with Crippen LogP contribution in [-0.4, -0.2) is 37.5 Å². The molecule has 0 spiro atoms. The lowest BCUT2D eigenvalue weighted by molar-refractivity contribution is -0.137. The van der Waals surface area contributed by atoms with Crippen LogP contribution in [0.25, 0.3) is 0 Å². The van der Waals surface area contributed by atoms with Crippen LogP contribution >= 0.6 is 0 Å². The zero-order valence-electron chi connectivity index (χ0n) is 10.9. The minimum absolute atomic E-state index is 0.0144. The fourth-order valence-corrected chi connectivity index (χ4v) is 3.45. The molecule has 1 saturated heterocycles. The van der Waals surface area contributed by atoms with Crippen LogP contribution in [0.5, 0.6) is 0 Å². The summed E-state index contributed by atoms with van der Waals surface area (Å²) >= 11 is 0. The second-order valence-electron chi connectivity index (χ2n) is 4.63. The van der Waals surface area contributed by atoms with Gasteiger partial charge in [-0.25, -0.2) is 8.42 Å². The van der Waals surface area contributed by atoms with Gasteiger partial charge in [-0.05, 0) is 30.7 Å². The zero-order valence-corrected chi connectivity index (χ0v) is 11.7. The maximum absolute atomic E-state index is 12.4. The average molecular weight is 322 g/mol. The normalized spacial score (nSPS) is 18.6. The van der Waals surface area contributed by atoms with E-state index in [0.717, 1.165) is 28.6 Å². The number of rotatable bonds is 3. The summed E-state index contributed by atoms with van der Waals surface area (Å²) in [4.78, 5) is 11.7. The van der Waals surface area contributed by atoms with Crippen LogP contribution in [0.3, 0.4) is 0 Å². The average Bonchev–Trinajstić information content (AvgIpc) is 2.68. The van der Waals surface area contributed by atoms with Crippen LogP contribution in [-0.2, 0) is 21.0 Å². The van der Waals surface area contributed by atoms with E-state index in [0.29, 0.717) is 6.42 Å². The molecule has 0 unspecified atom stereocenters. The smallest absolute Gasteiger partial charge is 0.325 e. The summed E-state index contributed by atoms with van der Waals surface area (Å²) in [7, 11) is -3.38. The van der Waals surface area contributed by atoms with E-state index in [1.54, 1.807) is 0 Å². The Morgan fingerprint density at radius 3 is 2.33 bits per heavy atom. The Morgan fingerprint density at radius 2 is 1.86 bits per heavy atom. The monoisotopic (exact) mass is 322 g/mol. The highest BCUT2D eigenvalue weighted by Crippen LogP contribution is 2.29. The SMILES string of the molecule is O=C(CN1CCCS1(=O)=O)Nc1ccc(C(F)(F)F)cc1. The predicted molar refractivity (Wildman–Crippen MR) is 70.1 cm³/mol. The number of nitrogens with zero attached hydrogens (tertiary/aromatic N) is 1. The molecule has 5 nitrogen and oxygen atoms in total. The lowest BCUT2D eigenvalue weighted by atomic mass is 10.2. The molecule has 116 valence electrons. The van der Waals surface area contributed by atoms with E-state index in [1.165, 1.54) is 0 Å². The highest BCUT2D eigenvalue weighted by Gasteiger charge is 2.31. The largest absolute Gasteiger partial charge is 0.416 e. The van der Waals surface area contributed by atoms with Gasteiger partial charge in [-0.3, -0.25) is 4.79 Å². The van der Waals surface area contributed by atoms with Crippen molar-refractivity contribution in [3.63, 3.8) is 0 Å². The molecule has 1 aromatic rings. The van der Waals surface area contributed by atoms with Gasteiger partial charge >= 0.3 is 6.18 Å². The lowest BCUT2D eigenvalue weighted by Gasteiger charge is -2.14. The second kappa shape index (κ2) is 5.64. The van der Waals surface area contributed by atoms with Crippen LogP contribution in [0.15, 0.2) is 24.3 Å². The van der Waals surface area contributed by atoms with E-state index in [1.807, 2.05) is 0 Å². The third-order valence-electron chi connectivity index (χ3n) is 3.02. The Bertz CT molecular complexity index is 626. The number of halogens is 3. The minimum atomic E-state index is -4.44. The fourth-order valence-electron chi connectivity index (χ4n) is 1.97. The van der Waals surface area contributed by atoms with Gasteiger partial charge < -0.3 is 5.32 Å². The van der Waals surface area contributed by atoms with Gasteiger partial charge in [0.15, 0.2) is 0 Å². The number of nitrogens with one attached hydrogen (secondary N) is 1. The van der Waals surface area contributed by atoms with Gasteiger partial charge in [0, 0.05) is 12.2 Å². The molecule has 0 aliphatic carbocycles. The maximum atomic E-state index is 12.4. The van der Waals surface area contributed by atoms with Gasteiger partial charge in [0.05, 0.1) is 17.9 Å². The molecule has 0 bridgehead atoms. The third kappa shape index (κ3) is 3.94. The topological polar surface area (TPSA) is 66.5 Å². The van der Waals surface area contributed by atoms with Gasteiger partial charge in [-0.15, -0.1) is 0 Å². The Labute approximate surface area is 119 Å². The van der Waals surface area contributed by atoms with E-state index in [-0.39, 0.29) is 24.5 Å². The van der Waals surface area contributed by atoms with Gasteiger partial charge in [0.2, 0.25) is 15.9 Å². The summed E-state index contributed by atoms with van der Waals surface area (Å²) in [5, 5.41) is 2.37. The van der Waals surface area contributed by atoms with Crippen molar-refractivity contribution in [3.05, 3.63) is 29.8 Å². The Morgan fingerprint density at radius 1 is 1.24 bits per heavy atom. The number of anilines is 1. The van der Waals surface area contributed by atoms with Crippen LogP contribution in [0.4, 0.5) is 18.9 Å². The summed E-state index contributed by atoms with van der Waals surface area (Å²) in [6, 6.07) is 3.95. The van der Waals surface area contributed by atoms with Gasteiger partial charge in [-0.2, -0.15) is 17.5 Å². The molecule has 9 heteroatoms. The van der Waals surface area contributed by atoms with Crippen molar-refractivity contribution in [2.45, 2.75) is 12.6 Å². The molecule has 0 aromatic heterocycles. The van der Waals surface area contributed by atoms with E-state index in [9.17, 15) is 26.4 Å². The molecule has 2 rings (SSSR count). The molecule has 1 N–H and O–H groups in total. The minimum Gasteiger partial charge on any atom is -0.325 e. The first kappa shape index (κ1) is 15.8. The second-order valence-corrected chi connectivity index (χ2v) is 6.71. The number of alkyl halides is 3. The molecule has 1 aliphatic rings. The number of amides is 1. The molecule has 1 fully saturated rings. The number of benzene rings is 1. The number of hydrogen-bond acceptors (Lipinski definition) is 3. The molecule has 21 heavy (non-hydrogen) atoms. The molecule has 1 aromatic carbocycles. The highest BCUT2D eigenvalue weighted by molar-refractivity contribution is 7.89. The Balaban J connectivity index is 1.97. The van der Waals surface area contributed by atoms with Crippen molar-refractivity contribution in [2.24, 2.45) is 0 Å². The number of carbonyl (C=O) groups is 1. The number of carbonyl (C=O) groups excluding carboxylic acids is 1. The van der Waals surface area contributed by atoms with Crippen molar-refractivity contribution < 1.29 is 26.4 Å². The van der Waals surface area contributed by atoms with Crippen molar-refractivity contribution >= 4 is 21.6 Å². The summed E-state index contributed by atoms with van der Waals surface area (Å²) in [5.74, 6) is -0.569. The predicted octanol–water partition coefficient (Wildman–Crippen LogP) is 1.68. The summed E-state index contributed by atoms with van der Waals surface area (Å²) in [6.45, 7) is -0.0495. The highest BCUT2D eigenvalue weighted by atomic mass is 32.2. The summed E-state index contributed by atoms with van der Waals surface area (Å²) < 4.78 is 61.2. The molecule has 1 amide bonds. The maximum Gasteiger partial charge on any atom is 0.416 e. The molecule has 0 atom stereocenters. The zero-order chi connectivity index (χ0) is 15.7. The van der Waals surface area contributed by atoms with Crippen molar-refractivity contribution in [2.75, 3.05) is 24.2 Å². The van der Waals surface area contributed by atoms with E-state index < -0.39 is 27.7 Å². The van der Waals surface area contributed by atoms with Crippen LogP contribution in [0.1, 0.15) is 12.0 Å². The third-order valence-corrected chi connectivity index (χ3v) is 4.92. The van der Waals surface area contributed by atoms with Crippen molar-refractivity contribution in [1.82, 2.24) is 4.31 Å². The number of hydrogen-bond donors (Lipinski definition) is 1.